The fraction of sp³-hybridized carbons (Fsp3) is 0.400. The lowest BCUT2D eigenvalue weighted by molar-refractivity contribution is -0.124. The summed E-state index contributed by atoms with van der Waals surface area (Å²) in [5.74, 6) is 0.0385. The zero-order valence-electron chi connectivity index (χ0n) is 13.1. The summed E-state index contributed by atoms with van der Waals surface area (Å²) in [6, 6.07) is 5.50. The maximum absolute atomic E-state index is 11.7. The van der Waals surface area contributed by atoms with Gasteiger partial charge in [-0.3, -0.25) is 20.4 Å². The van der Waals surface area contributed by atoms with Crippen LogP contribution in [-0.2, 0) is 9.59 Å². The lowest BCUT2D eigenvalue weighted by atomic mass is 10.2. The monoisotopic (exact) mass is 401 g/mol. The van der Waals surface area contributed by atoms with Gasteiger partial charge in [0.1, 0.15) is 5.75 Å². The molecule has 2 amide bonds. The molecule has 0 aromatic heterocycles. The molecule has 0 bridgehead atoms. The van der Waals surface area contributed by atoms with Crippen LogP contribution in [0.25, 0.3) is 0 Å². The molecule has 0 aliphatic rings. The molecule has 0 aliphatic carbocycles. The largest absolute Gasteiger partial charge is 0.483 e. The molecule has 1 aromatic carbocycles. The molecule has 8 heteroatoms. The second-order valence-electron chi connectivity index (χ2n) is 4.85. The number of benzene rings is 1. The molecule has 1 rings (SSSR count). The summed E-state index contributed by atoms with van der Waals surface area (Å²) in [5, 5.41) is 2.53. The standard InChI is InChI=1S/C15H20BrN3O3S/c1-3-4-5-13(20)17-15(23)19-18-14(21)9-22-12-7-6-11(16)8-10(12)2/h6-8H,3-5,9H2,1-2H3,(H,18,21)(H2,17,19,20,23). The number of ether oxygens (including phenoxy) is 1. The Morgan fingerprint density at radius 2 is 2.00 bits per heavy atom. The molecular formula is C15H20BrN3O3S. The van der Waals surface area contributed by atoms with Crippen molar-refractivity contribution >= 4 is 45.1 Å². The Kier molecular flexibility index (Phi) is 8.57. The Morgan fingerprint density at radius 1 is 1.26 bits per heavy atom. The maximum Gasteiger partial charge on any atom is 0.276 e. The van der Waals surface area contributed by atoms with Crippen LogP contribution in [-0.4, -0.2) is 23.5 Å². The fourth-order valence-corrected chi connectivity index (χ4v) is 2.28. The highest BCUT2D eigenvalue weighted by atomic mass is 79.9. The van der Waals surface area contributed by atoms with E-state index in [1.165, 1.54) is 0 Å². The topological polar surface area (TPSA) is 79.5 Å². The normalized spacial score (nSPS) is 9.87. The van der Waals surface area contributed by atoms with Gasteiger partial charge < -0.3 is 10.1 Å². The molecule has 1 aromatic rings. The summed E-state index contributed by atoms with van der Waals surface area (Å²) < 4.78 is 6.36. The van der Waals surface area contributed by atoms with E-state index in [-0.39, 0.29) is 17.6 Å². The second kappa shape index (κ2) is 10.2. The van der Waals surface area contributed by atoms with Gasteiger partial charge in [0.2, 0.25) is 5.91 Å². The molecule has 3 N–H and O–H groups in total. The van der Waals surface area contributed by atoms with Crippen LogP contribution in [0.3, 0.4) is 0 Å². The predicted octanol–water partition coefficient (Wildman–Crippen LogP) is 2.35. The van der Waals surface area contributed by atoms with E-state index < -0.39 is 5.91 Å². The summed E-state index contributed by atoms with van der Waals surface area (Å²) >= 11 is 8.27. The molecule has 126 valence electrons. The minimum absolute atomic E-state index is 0.0549. The van der Waals surface area contributed by atoms with Crippen molar-refractivity contribution in [3.05, 3.63) is 28.2 Å². The molecule has 0 saturated heterocycles. The first-order valence-electron chi connectivity index (χ1n) is 7.20. The van der Waals surface area contributed by atoms with Crippen molar-refractivity contribution in [3.8, 4) is 5.75 Å². The maximum atomic E-state index is 11.7. The van der Waals surface area contributed by atoms with Gasteiger partial charge in [0, 0.05) is 10.9 Å². The third kappa shape index (κ3) is 7.94. The molecule has 0 atom stereocenters. The first-order chi connectivity index (χ1) is 10.9. The van der Waals surface area contributed by atoms with Crippen LogP contribution in [0.1, 0.15) is 31.7 Å². The SMILES string of the molecule is CCCCC(=O)NC(=S)NNC(=O)COc1ccc(Br)cc1C. The van der Waals surface area contributed by atoms with Crippen LogP contribution in [0, 0.1) is 6.92 Å². The quantitative estimate of drug-likeness (QED) is 0.503. The summed E-state index contributed by atoms with van der Waals surface area (Å²) in [6.45, 7) is 3.72. The van der Waals surface area contributed by atoms with Crippen molar-refractivity contribution in [2.75, 3.05) is 6.61 Å². The first kappa shape index (κ1) is 19.4. The Hall–Kier alpha value is -1.67. The number of nitrogens with one attached hydrogen (secondary N) is 3. The van der Waals surface area contributed by atoms with Crippen molar-refractivity contribution in [3.63, 3.8) is 0 Å². The van der Waals surface area contributed by atoms with Gasteiger partial charge in [0.25, 0.3) is 5.91 Å². The summed E-state index contributed by atoms with van der Waals surface area (Å²) in [5.41, 5.74) is 5.74. The molecule has 23 heavy (non-hydrogen) atoms. The third-order valence-corrected chi connectivity index (χ3v) is 3.52. The van der Waals surface area contributed by atoms with Gasteiger partial charge in [0.05, 0.1) is 0 Å². The Labute approximate surface area is 149 Å². The van der Waals surface area contributed by atoms with Gasteiger partial charge in [-0.1, -0.05) is 29.3 Å². The molecule has 6 nitrogen and oxygen atoms in total. The van der Waals surface area contributed by atoms with E-state index >= 15 is 0 Å². The Morgan fingerprint density at radius 3 is 2.65 bits per heavy atom. The zero-order valence-corrected chi connectivity index (χ0v) is 15.5. The smallest absolute Gasteiger partial charge is 0.276 e. The van der Waals surface area contributed by atoms with Gasteiger partial charge in [-0.2, -0.15) is 0 Å². The van der Waals surface area contributed by atoms with Crippen molar-refractivity contribution in [2.45, 2.75) is 33.1 Å². The van der Waals surface area contributed by atoms with Crippen LogP contribution in [0.2, 0.25) is 0 Å². The number of hydrazine groups is 1. The summed E-state index contributed by atoms with van der Waals surface area (Å²) in [7, 11) is 0. The van der Waals surface area contributed by atoms with Crippen LogP contribution in [0.15, 0.2) is 22.7 Å². The number of hydrogen-bond acceptors (Lipinski definition) is 4. The van der Waals surface area contributed by atoms with E-state index in [0.29, 0.717) is 12.2 Å². The van der Waals surface area contributed by atoms with Crippen molar-refractivity contribution < 1.29 is 14.3 Å². The first-order valence-corrected chi connectivity index (χ1v) is 8.40. The number of halogens is 1. The van der Waals surface area contributed by atoms with Crippen LogP contribution in [0.5, 0.6) is 5.75 Å². The second-order valence-corrected chi connectivity index (χ2v) is 6.18. The summed E-state index contributed by atoms with van der Waals surface area (Å²) in [4.78, 5) is 23.1. The van der Waals surface area contributed by atoms with E-state index in [1.54, 1.807) is 6.07 Å². The van der Waals surface area contributed by atoms with E-state index in [2.05, 4.69) is 32.1 Å². The van der Waals surface area contributed by atoms with Crippen LogP contribution < -0.4 is 20.9 Å². The molecule has 0 heterocycles. The number of hydrogen-bond donors (Lipinski definition) is 3. The van der Waals surface area contributed by atoms with Gasteiger partial charge in [-0.05, 0) is 49.3 Å². The Balaban J connectivity index is 2.28. The van der Waals surface area contributed by atoms with Gasteiger partial charge >= 0.3 is 0 Å². The third-order valence-electron chi connectivity index (χ3n) is 2.82. The van der Waals surface area contributed by atoms with Gasteiger partial charge in [-0.25, -0.2) is 0 Å². The van der Waals surface area contributed by atoms with Crippen LogP contribution in [0.4, 0.5) is 0 Å². The Bertz CT molecular complexity index is 581. The van der Waals surface area contributed by atoms with Crippen molar-refractivity contribution in [1.82, 2.24) is 16.2 Å². The number of thiocarbonyl (C=S) groups is 1. The van der Waals surface area contributed by atoms with E-state index in [1.807, 2.05) is 26.0 Å². The van der Waals surface area contributed by atoms with Crippen molar-refractivity contribution in [1.29, 1.82) is 0 Å². The minimum atomic E-state index is -0.405. The molecule has 0 spiro atoms. The lowest BCUT2D eigenvalue weighted by Crippen LogP contribution is -2.49. The molecule has 0 saturated carbocycles. The highest BCUT2D eigenvalue weighted by molar-refractivity contribution is 9.10. The van der Waals surface area contributed by atoms with Gasteiger partial charge in [-0.15, -0.1) is 0 Å². The van der Waals surface area contributed by atoms with Crippen molar-refractivity contribution in [2.24, 2.45) is 0 Å². The average Bonchev–Trinajstić information content (AvgIpc) is 2.50. The zero-order chi connectivity index (χ0) is 17.2. The molecule has 0 aliphatic heterocycles. The number of aryl methyl sites for hydroxylation is 1. The van der Waals surface area contributed by atoms with Gasteiger partial charge in [0.15, 0.2) is 11.7 Å². The molecule has 0 unspecified atom stereocenters. The fourth-order valence-electron chi connectivity index (χ4n) is 1.64. The molecular weight excluding hydrogens is 382 g/mol. The molecule has 0 fully saturated rings. The number of unbranched alkanes of at least 4 members (excludes halogenated alkanes) is 1. The average molecular weight is 402 g/mol. The number of rotatable bonds is 6. The highest BCUT2D eigenvalue weighted by Crippen LogP contribution is 2.21. The van der Waals surface area contributed by atoms with E-state index in [0.717, 1.165) is 22.9 Å². The minimum Gasteiger partial charge on any atom is -0.483 e. The highest BCUT2D eigenvalue weighted by Gasteiger charge is 2.07. The number of amides is 2. The number of carbonyl (C=O) groups is 2. The number of carbonyl (C=O) groups excluding carboxylic acids is 2. The van der Waals surface area contributed by atoms with E-state index in [4.69, 9.17) is 17.0 Å². The molecule has 0 radical (unpaired) electrons. The van der Waals surface area contributed by atoms with Crippen LogP contribution >= 0.6 is 28.1 Å². The predicted molar refractivity (Wildman–Crippen MR) is 95.9 cm³/mol. The van der Waals surface area contributed by atoms with E-state index in [9.17, 15) is 9.59 Å². The summed E-state index contributed by atoms with van der Waals surface area (Å²) in [6.07, 6.45) is 2.12. The lowest BCUT2D eigenvalue weighted by Gasteiger charge is -2.12.